The monoisotopic (exact) mass is 391 g/mol. The molecule has 0 bridgehead atoms. The van der Waals surface area contributed by atoms with Gasteiger partial charge in [-0.05, 0) is 54.1 Å². The molecule has 1 N–H and O–H groups in total. The third kappa shape index (κ3) is 4.89. The van der Waals surface area contributed by atoms with Crippen molar-refractivity contribution in [3.63, 3.8) is 0 Å². The van der Waals surface area contributed by atoms with Gasteiger partial charge in [-0.25, -0.2) is 0 Å². The number of halogens is 1. The van der Waals surface area contributed by atoms with Crippen molar-refractivity contribution in [2.75, 3.05) is 12.4 Å². The fourth-order valence-electron chi connectivity index (χ4n) is 2.42. The second-order valence-corrected chi connectivity index (χ2v) is 6.41. The van der Waals surface area contributed by atoms with E-state index in [4.69, 9.17) is 4.74 Å². The Morgan fingerprint density at radius 3 is 2.36 bits per heavy atom. The molecule has 2 nitrogen and oxygen atoms in total. The number of hydrogen-bond acceptors (Lipinski definition) is 2. The van der Waals surface area contributed by atoms with Crippen molar-refractivity contribution in [3.05, 3.63) is 94.5 Å². The molecule has 0 aliphatic heterocycles. The average molecular weight is 392 g/mol. The quantitative estimate of drug-likeness (QED) is 0.579. The van der Waals surface area contributed by atoms with Crippen molar-refractivity contribution in [1.82, 2.24) is 0 Å². The van der Waals surface area contributed by atoms with Crippen molar-refractivity contribution in [2.24, 2.45) is 0 Å². The summed E-state index contributed by atoms with van der Waals surface area (Å²) in [5.41, 5.74) is 3.10. The molecule has 0 aliphatic rings. The second-order valence-electron chi connectivity index (χ2n) is 5.50. The highest BCUT2D eigenvalue weighted by Gasteiger charge is 2.09. The Morgan fingerprint density at radius 2 is 1.68 bits per heavy atom. The van der Waals surface area contributed by atoms with Gasteiger partial charge in [-0.1, -0.05) is 58.1 Å². The Bertz CT molecular complexity index is 879. The standard InChI is InChI=1S/C22H18BrNO/c1-25-21-13-11-20(12-14-21)24-22(18-8-5-9-19(23)16-18)15-10-17-6-3-2-4-7-17/h2-9,11-14,16,22,24H,1H3/t22-/m0/s1. The van der Waals surface area contributed by atoms with E-state index in [1.165, 1.54) is 0 Å². The summed E-state index contributed by atoms with van der Waals surface area (Å²) in [5.74, 6) is 7.43. The van der Waals surface area contributed by atoms with E-state index < -0.39 is 0 Å². The molecule has 0 fully saturated rings. The maximum absolute atomic E-state index is 5.22. The Labute approximate surface area is 157 Å². The summed E-state index contributed by atoms with van der Waals surface area (Å²) < 4.78 is 6.25. The van der Waals surface area contributed by atoms with Gasteiger partial charge < -0.3 is 10.1 Å². The SMILES string of the molecule is COc1ccc(N[C@@H](C#Cc2ccccc2)c2cccc(Br)c2)cc1. The molecule has 0 heterocycles. The van der Waals surface area contributed by atoms with Crippen LogP contribution in [0.15, 0.2) is 83.3 Å². The molecule has 1 atom stereocenters. The molecule has 124 valence electrons. The maximum atomic E-state index is 5.22. The third-order valence-corrected chi connectivity index (χ3v) is 4.21. The first-order valence-electron chi connectivity index (χ1n) is 7.97. The van der Waals surface area contributed by atoms with Gasteiger partial charge in [-0.3, -0.25) is 0 Å². The Morgan fingerprint density at radius 1 is 0.920 bits per heavy atom. The van der Waals surface area contributed by atoms with Gasteiger partial charge in [-0.2, -0.15) is 0 Å². The minimum absolute atomic E-state index is 0.119. The molecule has 3 aromatic rings. The second kappa shape index (κ2) is 8.41. The van der Waals surface area contributed by atoms with Crippen LogP contribution >= 0.6 is 15.9 Å². The first-order valence-corrected chi connectivity index (χ1v) is 8.76. The Balaban J connectivity index is 1.90. The summed E-state index contributed by atoms with van der Waals surface area (Å²) in [6.07, 6.45) is 0. The lowest BCUT2D eigenvalue weighted by Gasteiger charge is -2.16. The first kappa shape index (κ1) is 17.1. The van der Waals surface area contributed by atoms with Gasteiger partial charge in [0.05, 0.1) is 7.11 Å². The molecule has 0 unspecified atom stereocenters. The molecule has 0 saturated heterocycles. The predicted octanol–water partition coefficient (Wildman–Crippen LogP) is 5.66. The van der Waals surface area contributed by atoms with Gasteiger partial charge in [0.2, 0.25) is 0 Å². The van der Waals surface area contributed by atoms with Crippen LogP contribution in [0.3, 0.4) is 0 Å². The Kier molecular flexibility index (Phi) is 5.77. The van der Waals surface area contributed by atoms with E-state index in [2.05, 4.69) is 45.2 Å². The molecule has 0 aromatic heterocycles. The summed E-state index contributed by atoms with van der Waals surface area (Å²) in [6.45, 7) is 0. The van der Waals surface area contributed by atoms with E-state index in [1.807, 2.05) is 66.7 Å². The summed E-state index contributed by atoms with van der Waals surface area (Å²) in [7, 11) is 1.66. The van der Waals surface area contributed by atoms with E-state index in [0.717, 1.165) is 27.0 Å². The van der Waals surface area contributed by atoms with E-state index in [9.17, 15) is 0 Å². The first-order chi connectivity index (χ1) is 12.2. The Hall–Kier alpha value is -2.70. The van der Waals surface area contributed by atoms with Crippen LogP contribution in [0.1, 0.15) is 17.2 Å². The maximum Gasteiger partial charge on any atom is 0.119 e. The normalized spacial score (nSPS) is 11.1. The van der Waals surface area contributed by atoms with Gasteiger partial charge in [-0.15, -0.1) is 0 Å². The lowest BCUT2D eigenvalue weighted by molar-refractivity contribution is 0.415. The van der Waals surface area contributed by atoms with Gasteiger partial charge in [0.25, 0.3) is 0 Å². The van der Waals surface area contributed by atoms with Crippen molar-refractivity contribution < 1.29 is 4.74 Å². The van der Waals surface area contributed by atoms with Crippen LogP contribution in [0.25, 0.3) is 0 Å². The summed E-state index contributed by atoms with van der Waals surface area (Å²) in [5, 5.41) is 3.49. The van der Waals surface area contributed by atoms with Crippen molar-refractivity contribution in [2.45, 2.75) is 6.04 Å². The number of hydrogen-bond donors (Lipinski definition) is 1. The molecule has 25 heavy (non-hydrogen) atoms. The fourth-order valence-corrected chi connectivity index (χ4v) is 2.84. The summed E-state index contributed by atoms with van der Waals surface area (Å²) >= 11 is 3.54. The van der Waals surface area contributed by atoms with E-state index in [0.29, 0.717) is 0 Å². The van der Waals surface area contributed by atoms with E-state index in [1.54, 1.807) is 7.11 Å². The zero-order valence-corrected chi connectivity index (χ0v) is 15.5. The van der Waals surface area contributed by atoms with Gasteiger partial charge in [0, 0.05) is 15.7 Å². The molecule has 0 amide bonds. The zero-order chi connectivity index (χ0) is 17.5. The molecule has 3 heteroatoms. The van der Waals surface area contributed by atoms with Crippen LogP contribution in [-0.2, 0) is 0 Å². The van der Waals surface area contributed by atoms with Gasteiger partial charge in [0.15, 0.2) is 0 Å². The molecule has 0 saturated carbocycles. The van der Waals surface area contributed by atoms with Crippen LogP contribution in [0.4, 0.5) is 5.69 Å². The van der Waals surface area contributed by atoms with Crippen molar-refractivity contribution in [1.29, 1.82) is 0 Å². The topological polar surface area (TPSA) is 21.3 Å². The molecule has 3 aromatic carbocycles. The number of methoxy groups -OCH3 is 1. The summed E-state index contributed by atoms with van der Waals surface area (Å²) in [6, 6.07) is 25.9. The van der Waals surface area contributed by atoms with Gasteiger partial charge in [0.1, 0.15) is 11.8 Å². The molecule has 0 spiro atoms. The van der Waals surface area contributed by atoms with Crippen LogP contribution in [0.5, 0.6) is 5.75 Å². The van der Waals surface area contributed by atoms with Crippen molar-refractivity contribution >= 4 is 21.6 Å². The van der Waals surface area contributed by atoms with E-state index in [-0.39, 0.29) is 6.04 Å². The van der Waals surface area contributed by atoms with Crippen LogP contribution in [0, 0.1) is 11.8 Å². The molecular weight excluding hydrogens is 374 g/mol. The zero-order valence-electron chi connectivity index (χ0n) is 13.9. The average Bonchev–Trinajstić information content (AvgIpc) is 2.66. The number of nitrogens with one attached hydrogen (secondary N) is 1. The minimum Gasteiger partial charge on any atom is -0.497 e. The third-order valence-electron chi connectivity index (χ3n) is 3.72. The van der Waals surface area contributed by atoms with Crippen LogP contribution in [0.2, 0.25) is 0 Å². The highest BCUT2D eigenvalue weighted by molar-refractivity contribution is 9.10. The van der Waals surface area contributed by atoms with Crippen molar-refractivity contribution in [3.8, 4) is 17.6 Å². The number of ether oxygens (including phenoxy) is 1. The van der Waals surface area contributed by atoms with Gasteiger partial charge >= 0.3 is 0 Å². The van der Waals surface area contributed by atoms with E-state index >= 15 is 0 Å². The minimum atomic E-state index is -0.119. The highest BCUT2D eigenvalue weighted by Crippen LogP contribution is 2.23. The lowest BCUT2D eigenvalue weighted by Crippen LogP contribution is -2.08. The lowest BCUT2D eigenvalue weighted by atomic mass is 10.1. The molecule has 0 aliphatic carbocycles. The number of rotatable bonds is 4. The summed E-state index contributed by atoms with van der Waals surface area (Å²) in [4.78, 5) is 0. The molecule has 3 rings (SSSR count). The largest absolute Gasteiger partial charge is 0.497 e. The molecular formula is C22H18BrNO. The molecule has 0 radical (unpaired) electrons. The highest BCUT2D eigenvalue weighted by atomic mass is 79.9. The van der Waals surface area contributed by atoms with Crippen LogP contribution in [-0.4, -0.2) is 7.11 Å². The predicted molar refractivity (Wildman–Crippen MR) is 107 cm³/mol. The smallest absolute Gasteiger partial charge is 0.119 e. The number of benzene rings is 3. The fraction of sp³-hybridized carbons (Fsp3) is 0.0909. The van der Waals surface area contributed by atoms with Crippen LogP contribution < -0.4 is 10.1 Å². The number of anilines is 1.